The van der Waals surface area contributed by atoms with Crippen LogP contribution in [-0.4, -0.2) is 67.8 Å². The number of ether oxygens (including phenoxy) is 1. The van der Waals surface area contributed by atoms with Crippen LogP contribution in [0.4, 0.5) is 5.69 Å². The van der Waals surface area contributed by atoms with Crippen LogP contribution in [0.5, 0.6) is 0 Å². The molecule has 1 saturated heterocycles. The molecule has 0 bridgehead atoms. The molecule has 166 valence electrons. The highest BCUT2D eigenvalue weighted by Crippen LogP contribution is 2.35. The topological polar surface area (TPSA) is 87.2 Å². The van der Waals surface area contributed by atoms with Gasteiger partial charge in [-0.25, -0.2) is 0 Å². The zero-order chi connectivity index (χ0) is 22.5. The second-order valence-electron chi connectivity index (χ2n) is 8.21. The number of imide groups is 1. The monoisotopic (exact) mass is 427 g/mol. The highest BCUT2D eigenvalue weighted by atomic mass is 16.5. The van der Waals surface area contributed by atoms with Crippen molar-refractivity contribution in [2.24, 2.45) is 11.8 Å². The number of anilines is 1. The molecule has 8 nitrogen and oxygen atoms in total. The molecular formula is C23H29N3O5. The van der Waals surface area contributed by atoms with Gasteiger partial charge >= 0.3 is 5.97 Å². The van der Waals surface area contributed by atoms with Gasteiger partial charge in [0, 0.05) is 39.9 Å². The molecule has 8 heteroatoms. The van der Waals surface area contributed by atoms with Gasteiger partial charge in [-0.15, -0.1) is 0 Å². The predicted octanol–water partition coefficient (Wildman–Crippen LogP) is 1.60. The molecule has 1 heterocycles. The van der Waals surface area contributed by atoms with E-state index in [1.54, 1.807) is 7.05 Å². The van der Waals surface area contributed by atoms with Crippen LogP contribution in [0.1, 0.15) is 24.8 Å². The smallest absolute Gasteiger partial charge is 0.308 e. The van der Waals surface area contributed by atoms with Crippen LogP contribution in [0.15, 0.2) is 36.4 Å². The van der Waals surface area contributed by atoms with Gasteiger partial charge in [0.25, 0.3) is 5.91 Å². The van der Waals surface area contributed by atoms with Gasteiger partial charge in [0.15, 0.2) is 6.61 Å². The minimum absolute atomic E-state index is 0.00818. The summed E-state index contributed by atoms with van der Waals surface area (Å²) in [5.74, 6) is -1.99. The fourth-order valence-corrected chi connectivity index (χ4v) is 3.88. The Kier molecular flexibility index (Phi) is 7.09. The number of likely N-dealkylation sites (N-methyl/N-ethyl adjacent to an activating group) is 1. The Morgan fingerprint density at radius 2 is 1.58 bits per heavy atom. The Morgan fingerprint density at radius 3 is 2.13 bits per heavy atom. The van der Waals surface area contributed by atoms with Crippen LogP contribution in [0.25, 0.3) is 0 Å². The van der Waals surface area contributed by atoms with E-state index in [2.05, 4.69) is 0 Å². The number of likely N-dealkylation sites (tertiary alicyclic amines) is 1. The summed E-state index contributed by atoms with van der Waals surface area (Å²) >= 11 is 0. The molecule has 1 aliphatic carbocycles. The fourth-order valence-electron chi connectivity index (χ4n) is 3.88. The third-order valence-electron chi connectivity index (χ3n) is 5.79. The molecule has 1 aromatic carbocycles. The van der Waals surface area contributed by atoms with Crippen LogP contribution in [-0.2, 0) is 30.5 Å². The normalized spacial score (nSPS) is 19.9. The van der Waals surface area contributed by atoms with Crippen LogP contribution in [0, 0.1) is 11.8 Å². The lowest BCUT2D eigenvalue weighted by Gasteiger charge is -2.19. The molecule has 0 spiro atoms. The third kappa shape index (κ3) is 5.31. The molecule has 0 N–H and O–H groups in total. The zero-order valence-electron chi connectivity index (χ0n) is 18.2. The molecule has 0 unspecified atom stereocenters. The number of nitrogens with zero attached hydrogens (tertiary/aromatic N) is 3. The van der Waals surface area contributed by atoms with Crippen LogP contribution < -0.4 is 4.90 Å². The average molecular weight is 428 g/mol. The Hall–Kier alpha value is -3.16. The summed E-state index contributed by atoms with van der Waals surface area (Å²) < 4.78 is 5.06. The Labute approximate surface area is 182 Å². The molecule has 3 rings (SSSR count). The second kappa shape index (κ2) is 9.76. The molecule has 2 atom stereocenters. The minimum atomic E-state index is -0.606. The van der Waals surface area contributed by atoms with Gasteiger partial charge in [0.05, 0.1) is 18.3 Å². The van der Waals surface area contributed by atoms with E-state index >= 15 is 0 Å². The van der Waals surface area contributed by atoms with E-state index in [4.69, 9.17) is 4.74 Å². The Bertz CT molecular complexity index is 852. The first kappa shape index (κ1) is 22.5. The summed E-state index contributed by atoms with van der Waals surface area (Å²) in [5, 5.41) is 0. The van der Waals surface area contributed by atoms with Crippen molar-refractivity contribution in [1.29, 1.82) is 0 Å². The lowest BCUT2D eigenvalue weighted by molar-refractivity contribution is -0.152. The second-order valence-corrected chi connectivity index (χ2v) is 8.21. The maximum absolute atomic E-state index is 12.4. The van der Waals surface area contributed by atoms with E-state index in [0.717, 1.165) is 16.2 Å². The van der Waals surface area contributed by atoms with Crippen molar-refractivity contribution in [3.63, 3.8) is 0 Å². The summed E-state index contributed by atoms with van der Waals surface area (Å²) in [5.41, 5.74) is 2.03. The van der Waals surface area contributed by atoms with Gasteiger partial charge in [0.1, 0.15) is 0 Å². The number of amides is 3. The van der Waals surface area contributed by atoms with Crippen molar-refractivity contribution in [2.45, 2.75) is 25.8 Å². The summed E-state index contributed by atoms with van der Waals surface area (Å²) in [6.07, 6.45) is 4.85. The molecule has 3 amide bonds. The van der Waals surface area contributed by atoms with Crippen LogP contribution in [0.2, 0.25) is 0 Å². The highest BCUT2D eigenvalue weighted by molar-refractivity contribution is 6.05. The van der Waals surface area contributed by atoms with Crippen LogP contribution >= 0.6 is 0 Å². The molecule has 31 heavy (non-hydrogen) atoms. The summed E-state index contributed by atoms with van der Waals surface area (Å²) in [6, 6.07) is 7.84. The zero-order valence-corrected chi connectivity index (χ0v) is 18.2. The molecular weight excluding hydrogens is 398 g/mol. The molecule has 2 aliphatic rings. The Morgan fingerprint density at radius 1 is 1.00 bits per heavy atom. The number of hydrogen-bond acceptors (Lipinski definition) is 6. The largest absolute Gasteiger partial charge is 0.456 e. The number of benzene rings is 1. The number of esters is 1. The Balaban J connectivity index is 1.41. The number of allylic oxidation sites excluding steroid dienone is 2. The highest BCUT2D eigenvalue weighted by Gasteiger charge is 2.46. The van der Waals surface area contributed by atoms with Crippen molar-refractivity contribution in [3.05, 3.63) is 42.0 Å². The van der Waals surface area contributed by atoms with Gasteiger partial charge in [-0.2, -0.15) is 0 Å². The first-order chi connectivity index (χ1) is 14.8. The first-order valence-electron chi connectivity index (χ1n) is 10.4. The van der Waals surface area contributed by atoms with Crippen molar-refractivity contribution in [1.82, 2.24) is 9.80 Å². The number of carbonyl (C=O) groups is 4. The molecule has 0 saturated carbocycles. The lowest BCUT2D eigenvalue weighted by atomic mass is 9.85. The van der Waals surface area contributed by atoms with Crippen molar-refractivity contribution in [3.8, 4) is 0 Å². The van der Waals surface area contributed by atoms with Crippen molar-refractivity contribution >= 4 is 29.4 Å². The third-order valence-corrected chi connectivity index (χ3v) is 5.79. The van der Waals surface area contributed by atoms with Crippen molar-refractivity contribution in [2.75, 3.05) is 39.2 Å². The van der Waals surface area contributed by atoms with Crippen molar-refractivity contribution < 1.29 is 23.9 Å². The molecule has 0 radical (unpaired) electrons. The van der Waals surface area contributed by atoms with Crippen LogP contribution in [0.3, 0.4) is 0 Å². The molecule has 0 aromatic heterocycles. The average Bonchev–Trinajstić information content (AvgIpc) is 3.01. The number of rotatable bonds is 8. The number of carbonyl (C=O) groups excluding carboxylic acids is 4. The summed E-state index contributed by atoms with van der Waals surface area (Å²) in [7, 11) is 5.56. The standard InChI is InChI=1S/C23H29N3O5/c1-24(2)17-10-8-16(9-11-17)14-25(3)20(27)15-31-21(28)12-13-26-22(29)18-6-4-5-7-19(18)23(26)30/h4-5,8-11,18-19H,6-7,12-15H2,1-3H3/t18-,19-/m0/s1. The van der Waals surface area contributed by atoms with Gasteiger partial charge in [-0.05, 0) is 30.5 Å². The van der Waals surface area contributed by atoms with E-state index in [0.29, 0.717) is 19.4 Å². The molecule has 1 aromatic rings. The first-order valence-corrected chi connectivity index (χ1v) is 10.4. The summed E-state index contributed by atoms with van der Waals surface area (Å²) in [4.78, 5) is 53.8. The van der Waals surface area contributed by atoms with E-state index in [1.165, 1.54) is 4.90 Å². The van der Waals surface area contributed by atoms with Gasteiger partial charge in [-0.1, -0.05) is 24.3 Å². The molecule has 1 aliphatic heterocycles. The summed E-state index contributed by atoms with van der Waals surface area (Å²) in [6.45, 7) is 0.0195. The van der Waals surface area contributed by atoms with E-state index in [9.17, 15) is 19.2 Å². The van der Waals surface area contributed by atoms with E-state index < -0.39 is 5.97 Å². The minimum Gasteiger partial charge on any atom is -0.456 e. The maximum atomic E-state index is 12.4. The maximum Gasteiger partial charge on any atom is 0.308 e. The fraction of sp³-hybridized carbons (Fsp3) is 0.478. The number of fused-ring (bicyclic) bond motifs is 1. The lowest BCUT2D eigenvalue weighted by Crippen LogP contribution is -2.34. The predicted molar refractivity (Wildman–Crippen MR) is 115 cm³/mol. The van der Waals surface area contributed by atoms with Gasteiger partial charge < -0.3 is 14.5 Å². The number of hydrogen-bond donors (Lipinski definition) is 0. The SMILES string of the molecule is CN(Cc1ccc(N(C)C)cc1)C(=O)COC(=O)CCN1C(=O)[C@H]2CC=CC[C@@H]2C1=O. The van der Waals surface area contributed by atoms with E-state index in [-0.39, 0.29) is 49.1 Å². The van der Waals surface area contributed by atoms with Gasteiger partial charge in [0.2, 0.25) is 11.8 Å². The molecule has 1 fully saturated rings. The van der Waals surface area contributed by atoms with Gasteiger partial charge in [-0.3, -0.25) is 24.1 Å². The quantitative estimate of drug-likeness (QED) is 0.356. The van der Waals surface area contributed by atoms with E-state index in [1.807, 2.05) is 55.4 Å².